The Bertz CT molecular complexity index is 367. The van der Waals surface area contributed by atoms with Gasteiger partial charge in [-0.05, 0) is 13.3 Å². The second-order valence-corrected chi connectivity index (χ2v) is 4.06. The Morgan fingerprint density at radius 1 is 0.889 bits per heavy atom. The van der Waals surface area contributed by atoms with Crippen molar-refractivity contribution in [2.75, 3.05) is 13.2 Å². The molecule has 1 rings (SSSR count). The monoisotopic (exact) mass is 258 g/mol. The molecule has 2 nitrogen and oxygen atoms in total. The summed E-state index contributed by atoms with van der Waals surface area (Å²) in [6.07, 6.45) is 4.15. The zero-order chi connectivity index (χ0) is 13.4. The molecular formula is C14H20F2O2. The second-order valence-electron chi connectivity index (χ2n) is 4.06. The summed E-state index contributed by atoms with van der Waals surface area (Å²) in [5.41, 5.74) is 0. The number of halogens is 2. The van der Waals surface area contributed by atoms with Crippen molar-refractivity contribution < 1.29 is 18.3 Å². The van der Waals surface area contributed by atoms with Gasteiger partial charge in [-0.2, -0.15) is 0 Å². The minimum atomic E-state index is -0.596. The van der Waals surface area contributed by atoms with Gasteiger partial charge in [-0.3, -0.25) is 0 Å². The van der Waals surface area contributed by atoms with Crippen LogP contribution >= 0.6 is 0 Å². The highest BCUT2D eigenvalue weighted by atomic mass is 19.1. The largest absolute Gasteiger partial charge is 0.491 e. The van der Waals surface area contributed by atoms with E-state index in [2.05, 4.69) is 6.92 Å². The maximum atomic E-state index is 13.6. The summed E-state index contributed by atoms with van der Waals surface area (Å²) < 4.78 is 37.2. The van der Waals surface area contributed by atoms with Crippen molar-refractivity contribution in [3.63, 3.8) is 0 Å². The van der Waals surface area contributed by atoms with Crippen LogP contribution in [0.1, 0.15) is 39.5 Å². The van der Waals surface area contributed by atoms with E-state index >= 15 is 0 Å². The van der Waals surface area contributed by atoms with Gasteiger partial charge in [0, 0.05) is 12.1 Å². The van der Waals surface area contributed by atoms with Gasteiger partial charge in [0.1, 0.15) is 0 Å². The number of unbranched alkanes of at least 4 members (excludes halogenated alkanes) is 3. The summed E-state index contributed by atoms with van der Waals surface area (Å²) in [7, 11) is 0. The third kappa shape index (κ3) is 4.51. The Hall–Kier alpha value is -1.32. The van der Waals surface area contributed by atoms with E-state index in [0.717, 1.165) is 37.8 Å². The van der Waals surface area contributed by atoms with E-state index in [1.165, 1.54) is 0 Å². The molecule has 1 aromatic carbocycles. The predicted molar refractivity (Wildman–Crippen MR) is 67.2 cm³/mol. The molecule has 0 aliphatic carbocycles. The van der Waals surface area contributed by atoms with Gasteiger partial charge < -0.3 is 9.47 Å². The van der Waals surface area contributed by atoms with Crippen LogP contribution in [0.25, 0.3) is 0 Å². The van der Waals surface area contributed by atoms with Crippen molar-refractivity contribution >= 4 is 0 Å². The Balaban J connectivity index is 2.53. The predicted octanol–water partition coefficient (Wildman–Crippen LogP) is 4.32. The molecule has 18 heavy (non-hydrogen) atoms. The van der Waals surface area contributed by atoms with E-state index < -0.39 is 11.6 Å². The molecule has 0 aliphatic rings. The molecule has 0 amide bonds. The van der Waals surface area contributed by atoms with Crippen LogP contribution in [0.5, 0.6) is 11.5 Å². The molecule has 102 valence electrons. The zero-order valence-corrected chi connectivity index (χ0v) is 11.0. The van der Waals surface area contributed by atoms with Crippen LogP contribution in [0, 0.1) is 11.6 Å². The zero-order valence-electron chi connectivity index (χ0n) is 11.0. The molecule has 0 spiro atoms. The molecule has 0 bridgehead atoms. The fourth-order valence-electron chi connectivity index (χ4n) is 1.60. The van der Waals surface area contributed by atoms with Gasteiger partial charge in [-0.1, -0.05) is 26.2 Å². The van der Waals surface area contributed by atoms with Crippen LogP contribution in [0.15, 0.2) is 12.1 Å². The SMILES string of the molecule is CCCCCCOc1cc(F)c(OCC)cc1F. The van der Waals surface area contributed by atoms with E-state index in [0.29, 0.717) is 13.2 Å². The summed E-state index contributed by atoms with van der Waals surface area (Å²) in [4.78, 5) is 0. The summed E-state index contributed by atoms with van der Waals surface area (Å²) in [5, 5.41) is 0. The summed E-state index contributed by atoms with van der Waals surface area (Å²) >= 11 is 0. The van der Waals surface area contributed by atoms with E-state index in [-0.39, 0.29) is 11.5 Å². The van der Waals surface area contributed by atoms with Gasteiger partial charge in [-0.15, -0.1) is 0 Å². The van der Waals surface area contributed by atoms with Gasteiger partial charge in [0.2, 0.25) is 0 Å². The minimum absolute atomic E-state index is 0.0487. The molecule has 0 N–H and O–H groups in total. The highest BCUT2D eigenvalue weighted by molar-refractivity contribution is 5.34. The average molecular weight is 258 g/mol. The molecule has 0 saturated heterocycles. The van der Waals surface area contributed by atoms with Gasteiger partial charge in [0.05, 0.1) is 13.2 Å². The van der Waals surface area contributed by atoms with E-state index in [1.54, 1.807) is 6.92 Å². The summed E-state index contributed by atoms with van der Waals surface area (Å²) in [6, 6.07) is 2.07. The molecule has 1 aromatic rings. The molecule has 0 saturated carbocycles. The number of benzene rings is 1. The van der Waals surface area contributed by atoms with Crippen molar-refractivity contribution in [3.05, 3.63) is 23.8 Å². The van der Waals surface area contributed by atoms with Gasteiger partial charge in [0.15, 0.2) is 23.1 Å². The number of hydrogen-bond acceptors (Lipinski definition) is 2. The lowest BCUT2D eigenvalue weighted by Crippen LogP contribution is -2.02. The fraction of sp³-hybridized carbons (Fsp3) is 0.571. The van der Waals surface area contributed by atoms with Gasteiger partial charge in [-0.25, -0.2) is 8.78 Å². The molecule has 0 radical (unpaired) electrons. The first-order chi connectivity index (χ1) is 8.69. The normalized spacial score (nSPS) is 10.4. The Morgan fingerprint density at radius 3 is 2.06 bits per heavy atom. The quantitative estimate of drug-likeness (QED) is 0.646. The van der Waals surface area contributed by atoms with Crippen LogP contribution in [0.2, 0.25) is 0 Å². The highest BCUT2D eigenvalue weighted by Crippen LogP contribution is 2.26. The first-order valence-electron chi connectivity index (χ1n) is 6.43. The van der Waals surface area contributed by atoms with Crippen molar-refractivity contribution in [1.29, 1.82) is 0 Å². The van der Waals surface area contributed by atoms with Crippen LogP contribution in [-0.4, -0.2) is 13.2 Å². The van der Waals surface area contributed by atoms with Crippen LogP contribution in [0.4, 0.5) is 8.78 Å². The molecule has 0 atom stereocenters. The molecular weight excluding hydrogens is 238 g/mol. The average Bonchev–Trinajstić information content (AvgIpc) is 2.35. The second kappa shape index (κ2) is 7.90. The summed E-state index contributed by atoms with van der Waals surface area (Å²) in [6.45, 7) is 4.54. The molecule has 0 aliphatic heterocycles. The molecule has 0 aromatic heterocycles. The minimum Gasteiger partial charge on any atom is -0.491 e. The van der Waals surface area contributed by atoms with Gasteiger partial charge >= 0.3 is 0 Å². The molecule has 0 unspecified atom stereocenters. The molecule has 4 heteroatoms. The van der Waals surface area contributed by atoms with Crippen LogP contribution in [-0.2, 0) is 0 Å². The molecule has 0 heterocycles. The highest BCUT2D eigenvalue weighted by Gasteiger charge is 2.11. The Kier molecular flexibility index (Phi) is 6.47. The van der Waals surface area contributed by atoms with Crippen molar-refractivity contribution in [2.45, 2.75) is 39.5 Å². The smallest absolute Gasteiger partial charge is 0.168 e. The lowest BCUT2D eigenvalue weighted by atomic mass is 10.2. The number of hydrogen-bond donors (Lipinski definition) is 0. The van der Waals surface area contributed by atoms with Crippen molar-refractivity contribution in [2.24, 2.45) is 0 Å². The van der Waals surface area contributed by atoms with Gasteiger partial charge in [0.25, 0.3) is 0 Å². The number of rotatable bonds is 8. The first kappa shape index (κ1) is 14.7. The Morgan fingerprint density at radius 2 is 1.50 bits per heavy atom. The lowest BCUT2D eigenvalue weighted by molar-refractivity contribution is 0.281. The summed E-state index contributed by atoms with van der Waals surface area (Å²) in [5.74, 6) is -1.31. The van der Waals surface area contributed by atoms with E-state index in [4.69, 9.17) is 9.47 Å². The van der Waals surface area contributed by atoms with E-state index in [1.807, 2.05) is 0 Å². The third-order valence-electron chi connectivity index (χ3n) is 2.54. The van der Waals surface area contributed by atoms with Crippen LogP contribution in [0.3, 0.4) is 0 Å². The fourth-order valence-corrected chi connectivity index (χ4v) is 1.60. The molecule has 0 fully saturated rings. The third-order valence-corrected chi connectivity index (χ3v) is 2.54. The first-order valence-corrected chi connectivity index (χ1v) is 6.43. The van der Waals surface area contributed by atoms with Crippen molar-refractivity contribution in [1.82, 2.24) is 0 Å². The maximum absolute atomic E-state index is 13.6. The number of ether oxygens (including phenoxy) is 2. The standard InChI is InChI=1S/C14H20F2O2/c1-3-5-6-7-8-18-14-10-11(15)13(17-4-2)9-12(14)16/h9-10H,3-8H2,1-2H3. The van der Waals surface area contributed by atoms with Crippen LogP contribution < -0.4 is 9.47 Å². The topological polar surface area (TPSA) is 18.5 Å². The maximum Gasteiger partial charge on any atom is 0.168 e. The van der Waals surface area contributed by atoms with E-state index in [9.17, 15) is 8.78 Å². The van der Waals surface area contributed by atoms with Crippen molar-refractivity contribution in [3.8, 4) is 11.5 Å². The lowest BCUT2D eigenvalue weighted by Gasteiger charge is -2.10. The Labute approximate surface area is 107 Å².